The van der Waals surface area contributed by atoms with Crippen LogP contribution in [0.25, 0.3) is 11.4 Å². The first-order valence-corrected chi connectivity index (χ1v) is 7.79. The normalized spacial score (nSPS) is 16.4. The monoisotopic (exact) mass is 353 g/mol. The molecule has 5 nitrogen and oxygen atoms in total. The van der Waals surface area contributed by atoms with Gasteiger partial charge in [0.15, 0.2) is 5.82 Å². The minimum Gasteiger partial charge on any atom is -0.340 e. The Balaban J connectivity index is 1.77. The molecule has 0 bridgehead atoms. The van der Waals surface area contributed by atoms with Gasteiger partial charge in [-0.2, -0.15) is 4.98 Å². The quantitative estimate of drug-likeness (QED) is 0.889. The van der Waals surface area contributed by atoms with Crippen LogP contribution in [0.4, 0.5) is 10.3 Å². The maximum Gasteiger partial charge on any atom is 0.245 e. The van der Waals surface area contributed by atoms with Crippen molar-refractivity contribution < 1.29 is 4.39 Å². The van der Waals surface area contributed by atoms with Crippen LogP contribution < -0.4 is 10.6 Å². The summed E-state index contributed by atoms with van der Waals surface area (Å²) in [4.78, 5) is 6.53. The molecule has 3 N–H and O–H groups in total. The summed E-state index contributed by atoms with van der Waals surface area (Å²) in [6.07, 6.45) is 2.10. The molecule has 0 aliphatic carbocycles. The lowest BCUT2D eigenvalue weighted by Gasteiger charge is -2.30. The van der Waals surface area contributed by atoms with Crippen molar-refractivity contribution in [2.75, 3.05) is 24.5 Å². The van der Waals surface area contributed by atoms with E-state index in [1.54, 1.807) is 12.1 Å². The van der Waals surface area contributed by atoms with Crippen molar-refractivity contribution in [3.63, 3.8) is 0 Å². The molecule has 3 rings (SSSR count). The smallest absolute Gasteiger partial charge is 0.245 e. The minimum atomic E-state index is -0.325. The van der Waals surface area contributed by atoms with Gasteiger partial charge in [-0.3, -0.25) is 5.10 Å². The SMILES string of the molecule is NCC1CCN(c2n[nH]c(-c3ccc(Br)cc3F)n2)CC1. The summed E-state index contributed by atoms with van der Waals surface area (Å²) in [7, 11) is 0. The van der Waals surface area contributed by atoms with E-state index >= 15 is 0 Å². The summed E-state index contributed by atoms with van der Waals surface area (Å²) in [6.45, 7) is 2.52. The lowest BCUT2D eigenvalue weighted by atomic mass is 9.97. The Morgan fingerprint density at radius 2 is 2.14 bits per heavy atom. The number of nitrogens with one attached hydrogen (secondary N) is 1. The minimum absolute atomic E-state index is 0.325. The molecule has 1 aromatic carbocycles. The highest BCUT2D eigenvalue weighted by Crippen LogP contribution is 2.25. The first-order chi connectivity index (χ1) is 10.2. The zero-order chi connectivity index (χ0) is 14.8. The van der Waals surface area contributed by atoms with Crippen LogP contribution >= 0.6 is 15.9 Å². The fourth-order valence-electron chi connectivity index (χ4n) is 2.57. The van der Waals surface area contributed by atoms with Gasteiger partial charge in [0, 0.05) is 17.6 Å². The van der Waals surface area contributed by atoms with Crippen LogP contribution in [-0.2, 0) is 0 Å². The molecule has 112 valence electrons. The number of hydrogen-bond donors (Lipinski definition) is 2. The average molecular weight is 354 g/mol. The highest BCUT2D eigenvalue weighted by Gasteiger charge is 2.21. The lowest BCUT2D eigenvalue weighted by Crippen LogP contribution is -2.36. The number of anilines is 1. The third-order valence-electron chi connectivity index (χ3n) is 3.89. The number of nitrogens with zero attached hydrogens (tertiary/aromatic N) is 3. The second-order valence-electron chi connectivity index (χ2n) is 5.27. The van der Waals surface area contributed by atoms with Gasteiger partial charge in [-0.05, 0) is 43.5 Å². The number of aromatic nitrogens is 3. The van der Waals surface area contributed by atoms with E-state index < -0.39 is 0 Å². The zero-order valence-corrected chi connectivity index (χ0v) is 13.1. The number of halogens is 2. The number of hydrogen-bond acceptors (Lipinski definition) is 4. The Morgan fingerprint density at radius 3 is 2.81 bits per heavy atom. The summed E-state index contributed by atoms with van der Waals surface area (Å²) < 4.78 is 14.6. The molecular formula is C14H17BrFN5. The number of benzene rings is 1. The molecule has 1 fully saturated rings. The summed E-state index contributed by atoms with van der Waals surface area (Å²) in [5, 5.41) is 7.03. The van der Waals surface area contributed by atoms with Gasteiger partial charge in [-0.25, -0.2) is 4.39 Å². The van der Waals surface area contributed by atoms with Crippen molar-refractivity contribution in [1.29, 1.82) is 0 Å². The molecule has 2 aromatic rings. The standard InChI is InChI=1S/C14H17BrFN5/c15-10-1-2-11(12(16)7-10)13-18-14(20-19-13)21-5-3-9(8-17)4-6-21/h1-2,7,9H,3-6,8,17H2,(H,18,19,20). The van der Waals surface area contributed by atoms with Crippen molar-refractivity contribution in [2.24, 2.45) is 11.7 Å². The molecule has 0 amide bonds. The fourth-order valence-corrected chi connectivity index (χ4v) is 2.90. The van der Waals surface area contributed by atoms with E-state index in [1.807, 2.05) is 0 Å². The molecule has 1 saturated heterocycles. The van der Waals surface area contributed by atoms with Crippen LogP contribution in [0.3, 0.4) is 0 Å². The molecule has 0 spiro atoms. The molecule has 1 aromatic heterocycles. The molecule has 0 radical (unpaired) electrons. The summed E-state index contributed by atoms with van der Waals surface area (Å²) in [6, 6.07) is 4.89. The van der Waals surface area contributed by atoms with Crippen molar-refractivity contribution in [3.8, 4) is 11.4 Å². The third kappa shape index (κ3) is 3.08. The lowest BCUT2D eigenvalue weighted by molar-refractivity contribution is 0.411. The molecule has 1 aliphatic heterocycles. The number of rotatable bonds is 3. The predicted molar refractivity (Wildman–Crippen MR) is 83.5 cm³/mol. The van der Waals surface area contributed by atoms with E-state index in [4.69, 9.17) is 5.73 Å². The second kappa shape index (κ2) is 6.11. The van der Waals surface area contributed by atoms with E-state index in [2.05, 4.69) is 36.0 Å². The van der Waals surface area contributed by atoms with Gasteiger partial charge >= 0.3 is 0 Å². The highest BCUT2D eigenvalue weighted by atomic mass is 79.9. The second-order valence-corrected chi connectivity index (χ2v) is 6.19. The Kier molecular flexibility index (Phi) is 4.21. The molecule has 21 heavy (non-hydrogen) atoms. The van der Waals surface area contributed by atoms with Crippen molar-refractivity contribution in [2.45, 2.75) is 12.8 Å². The van der Waals surface area contributed by atoms with Gasteiger partial charge in [-0.15, -0.1) is 5.10 Å². The molecular weight excluding hydrogens is 337 g/mol. The van der Waals surface area contributed by atoms with Crippen molar-refractivity contribution in [1.82, 2.24) is 15.2 Å². The number of H-pyrrole nitrogens is 1. The van der Waals surface area contributed by atoms with Gasteiger partial charge in [0.25, 0.3) is 0 Å². The van der Waals surface area contributed by atoms with E-state index in [9.17, 15) is 4.39 Å². The zero-order valence-electron chi connectivity index (χ0n) is 11.5. The summed E-state index contributed by atoms with van der Waals surface area (Å²) >= 11 is 3.24. The fraction of sp³-hybridized carbons (Fsp3) is 0.429. The van der Waals surface area contributed by atoms with Gasteiger partial charge in [0.05, 0.1) is 5.56 Å². The third-order valence-corrected chi connectivity index (χ3v) is 4.38. The van der Waals surface area contributed by atoms with E-state index in [-0.39, 0.29) is 5.82 Å². The molecule has 2 heterocycles. The maximum atomic E-state index is 13.9. The molecule has 0 unspecified atom stereocenters. The highest BCUT2D eigenvalue weighted by molar-refractivity contribution is 9.10. The van der Waals surface area contributed by atoms with E-state index in [0.29, 0.717) is 27.7 Å². The first kappa shape index (κ1) is 14.5. The Bertz CT molecular complexity index is 622. The van der Waals surface area contributed by atoms with Gasteiger partial charge in [0.1, 0.15) is 5.82 Å². The predicted octanol–water partition coefficient (Wildman–Crippen LogP) is 2.55. The molecule has 0 atom stereocenters. The van der Waals surface area contributed by atoms with Gasteiger partial charge in [0.2, 0.25) is 5.95 Å². The average Bonchev–Trinajstić information content (AvgIpc) is 2.97. The number of nitrogens with two attached hydrogens (primary N) is 1. The van der Waals surface area contributed by atoms with Crippen LogP contribution in [-0.4, -0.2) is 34.8 Å². The Labute approximate surface area is 130 Å². The van der Waals surface area contributed by atoms with Crippen LogP contribution in [0.2, 0.25) is 0 Å². The number of piperidine rings is 1. The topological polar surface area (TPSA) is 70.8 Å². The Hall–Kier alpha value is -1.47. The maximum absolute atomic E-state index is 13.9. The van der Waals surface area contributed by atoms with Crippen LogP contribution in [0.15, 0.2) is 22.7 Å². The van der Waals surface area contributed by atoms with Crippen LogP contribution in [0, 0.1) is 11.7 Å². The summed E-state index contributed by atoms with van der Waals surface area (Å²) in [5.41, 5.74) is 6.12. The first-order valence-electron chi connectivity index (χ1n) is 7.00. The van der Waals surface area contributed by atoms with Gasteiger partial charge in [-0.1, -0.05) is 15.9 Å². The largest absolute Gasteiger partial charge is 0.340 e. The van der Waals surface area contributed by atoms with E-state index in [1.165, 1.54) is 6.07 Å². The van der Waals surface area contributed by atoms with Gasteiger partial charge < -0.3 is 10.6 Å². The van der Waals surface area contributed by atoms with Crippen molar-refractivity contribution >= 4 is 21.9 Å². The molecule has 0 saturated carbocycles. The van der Waals surface area contributed by atoms with E-state index in [0.717, 1.165) is 32.5 Å². The molecule has 1 aliphatic rings. The number of aromatic amines is 1. The van der Waals surface area contributed by atoms with Crippen LogP contribution in [0.1, 0.15) is 12.8 Å². The van der Waals surface area contributed by atoms with Crippen molar-refractivity contribution in [3.05, 3.63) is 28.5 Å². The Morgan fingerprint density at radius 1 is 1.38 bits per heavy atom. The molecule has 7 heteroatoms. The van der Waals surface area contributed by atoms with Crippen LogP contribution in [0.5, 0.6) is 0 Å². The summed E-state index contributed by atoms with van der Waals surface area (Å²) in [5.74, 6) is 1.34.